The Morgan fingerprint density at radius 1 is 0.914 bits per heavy atom. The first kappa shape index (κ1) is 23.8. The minimum atomic E-state index is -0.855. The van der Waals surface area contributed by atoms with Crippen LogP contribution in [0.5, 0.6) is 5.75 Å². The molecule has 178 valence electrons. The Bertz CT molecular complexity index is 1290. The van der Waals surface area contributed by atoms with E-state index in [0.29, 0.717) is 28.1 Å². The third kappa shape index (κ3) is 4.53. The molecule has 7 nitrogen and oxygen atoms in total. The standard InChI is InChI=1S/C28H25NO6/c1-4-35-28(33)20-9-13-21(14-10-20)29-24(18-7-5-17(2)6-8-18)23(26(31)27(29)32)25(30)19-11-15-22(34-3)16-12-19/h5-16,24,30H,4H2,1-3H3/t24-/m0/s1. The molecule has 0 aliphatic carbocycles. The van der Waals surface area contributed by atoms with E-state index in [1.165, 1.54) is 12.0 Å². The zero-order valence-electron chi connectivity index (χ0n) is 19.6. The number of amides is 1. The molecule has 1 N–H and O–H groups in total. The van der Waals surface area contributed by atoms with E-state index in [4.69, 9.17) is 9.47 Å². The summed E-state index contributed by atoms with van der Waals surface area (Å²) in [6.07, 6.45) is 0. The molecule has 3 aromatic rings. The summed E-state index contributed by atoms with van der Waals surface area (Å²) in [6.45, 7) is 3.90. The van der Waals surface area contributed by atoms with Crippen molar-refractivity contribution in [2.24, 2.45) is 0 Å². The quantitative estimate of drug-likeness (QED) is 0.240. The molecule has 1 fully saturated rings. The van der Waals surface area contributed by atoms with E-state index in [1.54, 1.807) is 55.5 Å². The summed E-state index contributed by atoms with van der Waals surface area (Å²) < 4.78 is 10.2. The maximum Gasteiger partial charge on any atom is 0.338 e. The van der Waals surface area contributed by atoms with E-state index in [0.717, 1.165) is 5.56 Å². The van der Waals surface area contributed by atoms with Crippen molar-refractivity contribution in [1.29, 1.82) is 0 Å². The van der Waals surface area contributed by atoms with Gasteiger partial charge in [-0.25, -0.2) is 4.79 Å². The van der Waals surface area contributed by atoms with E-state index < -0.39 is 23.7 Å². The number of ether oxygens (including phenoxy) is 2. The van der Waals surface area contributed by atoms with Crippen LogP contribution in [0.3, 0.4) is 0 Å². The van der Waals surface area contributed by atoms with Gasteiger partial charge in [-0.15, -0.1) is 0 Å². The number of benzene rings is 3. The lowest BCUT2D eigenvalue weighted by Gasteiger charge is -2.25. The van der Waals surface area contributed by atoms with Gasteiger partial charge in [0.2, 0.25) is 0 Å². The molecule has 1 atom stereocenters. The molecule has 0 bridgehead atoms. The van der Waals surface area contributed by atoms with Crippen LogP contribution in [0.1, 0.15) is 40.0 Å². The Labute approximate surface area is 203 Å². The molecule has 0 unspecified atom stereocenters. The van der Waals surface area contributed by atoms with Gasteiger partial charge in [0.1, 0.15) is 11.5 Å². The van der Waals surface area contributed by atoms with Gasteiger partial charge in [0.15, 0.2) is 0 Å². The molecule has 1 aliphatic heterocycles. The summed E-state index contributed by atoms with van der Waals surface area (Å²) in [6, 6.07) is 19.4. The molecule has 4 rings (SSSR count). The summed E-state index contributed by atoms with van der Waals surface area (Å²) in [4.78, 5) is 39.9. The average Bonchev–Trinajstić information content (AvgIpc) is 3.14. The molecule has 1 aliphatic rings. The Morgan fingerprint density at radius 3 is 2.09 bits per heavy atom. The highest BCUT2D eigenvalue weighted by Gasteiger charge is 2.47. The predicted octanol–water partition coefficient (Wildman–Crippen LogP) is 4.81. The smallest absolute Gasteiger partial charge is 0.338 e. The summed E-state index contributed by atoms with van der Waals surface area (Å²) in [5, 5.41) is 11.2. The number of aliphatic hydroxyl groups excluding tert-OH is 1. The number of nitrogens with zero attached hydrogens (tertiary/aromatic N) is 1. The van der Waals surface area contributed by atoms with Crippen LogP contribution in [0.15, 0.2) is 78.4 Å². The number of ketones is 1. The average molecular weight is 472 g/mol. The summed E-state index contributed by atoms with van der Waals surface area (Å²) >= 11 is 0. The fourth-order valence-electron chi connectivity index (χ4n) is 4.04. The van der Waals surface area contributed by atoms with Gasteiger partial charge in [0, 0.05) is 11.3 Å². The number of methoxy groups -OCH3 is 1. The molecule has 7 heteroatoms. The first-order valence-corrected chi connectivity index (χ1v) is 11.1. The van der Waals surface area contributed by atoms with Crippen LogP contribution in [-0.4, -0.2) is 36.5 Å². The second kappa shape index (κ2) is 9.85. The number of aryl methyl sites for hydroxylation is 1. The summed E-state index contributed by atoms with van der Waals surface area (Å²) in [5.41, 5.74) is 2.80. The number of carbonyl (C=O) groups is 3. The van der Waals surface area contributed by atoms with Gasteiger partial charge in [0.05, 0.1) is 30.9 Å². The van der Waals surface area contributed by atoms with Crippen LogP contribution in [0.4, 0.5) is 5.69 Å². The zero-order chi connectivity index (χ0) is 25.1. The van der Waals surface area contributed by atoms with Gasteiger partial charge >= 0.3 is 5.97 Å². The van der Waals surface area contributed by atoms with Crippen molar-refractivity contribution in [2.45, 2.75) is 19.9 Å². The van der Waals surface area contributed by atoms with E-state index in [1.807, 2.05) is 31.2 Å². The van der Waals surface area contributed by atoms with Crippen molar-refractivity contribution in [3.63, 3.8) is 0 Å². The first-order chi connectivity index (χ1) is 16.8. The fraction of sp³-hybridized carbons (Fsp3) is 0.179. The van der Waals surface area contributed by atoms with Crippen molar-refractivity contribution in [3.05, 3.63) is 101 Å². The maximum absolute atomic E-state index is 13.2. The molecular formula is C28H25NO6. The highest BCUT2D eigenvalue weighted by atomic mass is 16.5. The highest BCUT2D eigenvalue weighted by Crippen LogP contribution is 2.42. The third-order valence-electron chi connectivity index (χ3n) is 5.86. The third-order valence-corrected chi connectivity index (χ3v) is 5.86. The molecule has 35 heavy (non-hydrogen) atoms. The first-order valence-electron chi connectivity index (χ1n) is 11.1. The molecule has 3 aromatic carbocycles. The minimum Gasteiger partial charge on any atom is -0.507 e. The van der Waals surface area contributed by atoms with Crippen LogP contribution in [0.25, 0.3) is 5.76 Å². The number of hydrogen-bond acceptors (Lipinski definition) is 6. The van der Waals surface area contributed by atoms with E-state index in [9.17, 15) is 19.5 Å². The molecule has 1 amide bonds. The Kier molecular flexibility index (Phi) is 6.68. The SMILES string of the molecule is CCOC(=O)c1ccc(N2C(=O)C(=O)C(=C(O)c3ccc(OC)cc3)[C@@H]2c2ccc(C)cc2)cc1. The summed E-state index contributed by atoms with van der Waals surface area (Å²) in [7, 11) is 1.53. The fourth-order valence-corrected chi connectivity index (χ4v) is 4.04. The molecular weight excluding hydrogens is 446 g/mol. The Balaban J connectivity index is 1.84. The van der Waals surface area contributed by atoms with Gasteiger partial charge in [-0.3, -0.25) is 14.5 Å². The molecule has 0 spiro atoms. The van der Waals surface area contributed by atoms with Crippen LogP contribution in [0.2, 0.25) is 0 Å². The number of anilines is 1. The van der Waals surface area contributed by atoms with Gasteiger partial charge in [-0.1, -0.05) is 29.8 Å². The number of esters is 1. The van der Waals surface area contributed by atoms with Crippen LogP contribution in [-0.2, 0) is 14.3 Å². The molecule has 0 aromatic heterocycles. The van der Waals surface area contributed by atoms with Crippen molar-refractivity contribution < 1.29 is 29.0 Å². The van der Waals surface area contributed by atoms with Gasteiger partial charge in [-0.05, 0) is 67.9 Å². The van der Waals surface area contributed by atoms with Crippen LogP contribution < -0.4 is 9.64 Å². The van der Waals surface area contributed by atoms with Crippen LogP contribution in [0, 0.1) is 6.92 Å². The van der Waals surface area contributed by atoms with E-state index in [2.05, 4.69) is 0 Å². The Hall–Kier alpha value is -4.39. The van der Waals surface area contributed by atoms with E-state index >= 15 is 0 Å². The predicted molar refractivity (Wildman–Crippen MR) is 131 cm³/mol. The molecule has 0 radical (unpaired) electrons. The van der Waals surface area contributed by atoms with Crippen LogP contribution >= 0.6 is 0 Å². The van der Waals surface area contributed by atoms with Crippen molar-refractivity contribution in [2.75, 3.05) is 18.6 Å². The molecule has 1 saturated heterocycles. The van der Waals surface area contributed by atoms with Crippen molar-refractivity contribution >= 4 is 29.1 Å². The van der Waals surface area contributed by atoms with E-state index in [-0.39, 0.29) is 17.9 Å². The number of Topliss-reactive ketones (excluding diaryl/α,β-unsaturated/α-hetero) is 1. The largest absolute Gasteiger partial charge is 0.507 e. The second-order valence-corrected chi connectivity index (χ2v) is 8.08. The maximum atomic E-state index is 13.2. The monoisotopic (exact) mass is 471 g/mol. The Morgan fingerprint density at radius 2 is 1.51 bits per heavy atom. The number of hydrogen-bond donors (Lipinski definition) is 1. The normalized spacial score (nSPS) is 16.9. The van der Waals surface area contributed by atoms with Gasteiger partial charge in [-0.2, -0.15) is 0 Å². The highest BCUT2D eigenvalue weighted by molar-refractivity contribution is 6.51. The number of aliphatic hydroxyl groups is 1. The number of carbonyl (C=O) groups excluding carboxylic acids is 3. The zero-order valence-corrected chi connectivity index (χ0v) is 19.6. The number of rotatable bonds is 6. The molecule has 1 heterocycles. The lowest BCUT2D eigenvalue weighted by molar-refractivity contribution is -0.132. The summed E-state index contributed by atoms with van der Waals surface area (Å²) in [5.74, 6) is -1.72. The second-order valence-electron chi connectivity index (χ2n) is 8.08. The van der Waals surface area contributed by atoms with Gasteiger partial charge < -0.3 is 14.6 Å². The lowest BCUT2D eigenvalue weighted by atomic mass is 9.94. The topological polar surface area (TPSA) is 93.1 Å². The van der Waals surface area contributed by atoms with Crippen molar-refractivity contribution in [1.82, 2.24) is 0 Å². The minimum absolute atomic E-state index is 0.0153. The molecule has 0 saturated carbocycles. The van der Waals surface area contributed by atoms with Gasteiger partial charge in [0.25, 0.3) is 11.7 Å². The van der Waals surface area contributed by atoms with Crippen molar-refractivity contribution in [3.8, 4) is 5.75 Å². The lowest BCUT2D eigenvalue weighted by Crippen LogP contribution is -2.29.